The molecule has 164 valence electrons. The van der Waals surface area contributed by atoms with E-state index in [9.17, 15) is 32.7 Å². The number of Topliss-reactive ketones (excluding diaryl/α,β-unsaturated/α-hetero) is 1. The summed E-state index contributed by atoms with van der Waals surface area (Å²) in [7, 11) is 0. The highest BCUT2D eigenvalue weighted by atomic mass is 19.4. The van der Waals surface area contributed by atoms with Crippen LogP contribution < -0.4 is 5.32 Å². The number of aliphatic carboxylic acids is 1. The van der Waals surface area contributed by atoms with Gasteiger partial charge in [0.25, 0.3) is 0 Å². The molecule has 0 aromatic heterocycles. The summed E-state index contributed by atoms with van der Waals surface area (Å²) < 4.78 is 40.7. The number of nitrogens with one attached hydrogen (secondary N) is 1. The summed E-state index contributed by atoms with van der Waals surface area (Å²) in [5.74, 6) is -7.48. The predicted octanol–water partition coefficient (Wildman–Crippen LogP) is 3.76. The molecule has 3 rings (SSSR count). The fraction of sp³-hybridized carbons (Fsp3) is 0.591. The quantitative estimate of drug-likeness (QED) is 0.652. The molecule has 0 aliphatic heterocycles. The summed E-state index contributed by atoms with van der Waals surface area (Å²) in [4.78, 5) is 36.8. The molecule has 2 fully saturated rings. The molecule has 0 saturated heterocycles. The van der Waals surface area contributed by atoms with Gasteiger partial charge < -0.3 is 10.4 Å². The van der Waals surface area contributed by atoms with E-state index in [0.29, 0.717) is 32.1 Å². The Bertz CT molecular complexity index is 774. The van der Waals surface area contributed by atoms with Gasteiger partial charge >= 0.3 is 12.1 Å². The van der Waals surface area contributed by atoms with E-state index in [1.54, 1.807) is 0 Å². The van der Waals surface area contributed by atoms with Crippen LogP contribution in [-0.4, -0.2) is 35.0 Å². The Morgan fingerprint density at radius 3 is 2.30 bits per heavy atom. The first-order valence-electron chi connectivity index (χ1n) is 10.4. The average molecular weight is 425 g/mol. The number of carboxylic acids is 1. The number of halogens is 3. The van der Waals surface area contributed by atoms with Crippen LogP contribution in [0.1, 0.15) is 44.1 Å². The molecule has 1 aromatic rings. The second-order valence-corrected chi connectivity index (χ2v) is 8.30. The lowest BCUT2D eigenvalue weighted by Crippen LogP contribution is -2.61. The van der Waals surface area contributed by atoms with Gasteiger partial charge in [-0.25, -0.2) is 0 Å². The first-order chi connectivity index (χ1) is 14.2. The molecule has 2 N–H and O–H groups in total. The molecule has 5 nitrogen and oxygen atoms in total. The summed E-state index contributed by atoms with van der Waals surface area (Å²) >= 11 is 0. The SMILES string of the molecule is O=C(N[C@@H](C1CCCCC1)C(F)(F)F)C1C(=O)[C@H](CCc2ccccc2)[C@H]1C(=O)O. The highest BCUT2D eigenvalue weighted by Crippen LogP contribution is 2.41. The Morgan fingerprint density at radius 1 is 1.10 bits per heavy atom. The van der Waals surface area contributed by atoms with Gasteiger partial charge in [0, 0.05) is 5.92 Å². The molecule has 0 heterocycles. The molecule has 2 aliphatic carbocycles. The number of ketones is 1. The van der Waals surface area contributed by atoms with E-state index in [1.807, 2.05) is 35.6 Å². The normalized spacial score (nSPS) is 26.0. The Hall–Kier alpha value is -2.38. The number of carboxylic acid groups (broad SMARTS) is 1. The van der Waals surface area contributed by atoms with Crippen molar-refractivity contribution in [2.75, 3.05) is 0 Å². The molecule has 0 spiro atoms. The Labute approximate surface area is 173 Å². The first kappa shape index (κ1) is 22.3. The lowest BCUT2D eigenvalue weighted by atomic mass is 9.61. The smallest absolute Gasteiger partial charge is 0.408 e. The Balaban J connectivity index is 1.68. The summed E-state index contributed by atoms with van der Waals surface area (Å²) in [5, 5.41) is 11.5. The predicted molar refractivity (Wildman–Crippen MR) is 102 cm³/mol. The fourth-order valence-corrected chi connectivity index (χ4v) is 4.77. The summed E-state index contributed by atoms with van der Waals surface area (Å²) in [5.41, 5.74) is 0.928. The molecule has 0 radical (unpaired) electrons. The Kier molecular flexibility index (Phi) is 6.83. The summed E-state index contributed by atoms with van der Waals surface area (Å²) in [6, 6.07) is 7.14. The van der Waals surface area contributed by atoms with Crippen LogP contribution in [-0.2, 0) is 20.8 Å². The third-order valence-corrected chi connectivity index (χ3v) is 6.39. The zero-order chi connectivity index (χ0) is 21.9. The maximum absolute atomic E-state index is 13.6. The number of amides is 1. The van der Waals surface area contributed by atoms with Gasteiger partial charge in [0.15, 0.2) is 0 Å². The van der Waals surface area contributed by atoms with E-state index in [1.165, 1.54) is 0 Å². The molecule has 8 heteroatoms. The zero-order valence-corrected chi connectivity index (χ0v) is 16.5. The maximum atomic E-state index is 13.6. The van der Waals surface area contributed by atoms with Crippen LogP contribution in [0.15, 0.2) is 30.3 Å². The van der Waals surface area contributed by atoms with Crippen LogP contribution in [0.4, 0.5) is 13.2 Å². The molecule has 1 unspecified atom stereocenters. The largest absolute Gasteiger partial charge is 0.481 e. The monoisotopic (exact) mass is 425 g/mol. The minimum atomic E-state index is -4.64. The van der Waals surface area contributed by atoms with Crippen molar-refractivity contribution in [3.05, 3.63) is 35.9 Å². The van der Waals surface area contributed by atoms with Crippen LogP contribution in [0.5, 0.6) is 0 Å². The molecule has 2 aliphatic rings. The third kappa shape index (κ3) is 4.84. The first-order valence-corrected chi connectivity index (χ1v) is 10.4. The van der Waals surface area contributed by atoms with Gasteiger partial charge in [-0.15, -0.1) is 0 Å². The highest BCUT2D eigenvalue weighted by molar-refractivity contribution is 6.12. The number of hydrogen-bond donors (Lipinski definition) is 2. The van der Waals surface area contributed by atoms with Crippen molar-refractivity contribution in [1.82, 2.24) is 5.32 Å². The third-order valence-electron chi connectivity index (χ3n) is 6.39. The van der Waals surface area contributed by atoms with E-state index in [0.717, 1.165) is 12.0 Å². The standard InChI is InChI=1S/C22H26F3NO4/c23-22(24,25)19(14-9-5-2-6-10-14)26-20(28)17-16(21(29)30)15(18(17)27)12-11-13-7-3-1-4-8-13/h1,3-4,7-8,14-17,19H,2,5-6,9-12H2,(H,26,28)(H,29,30)/t15-,16-,17?,19+/m1/s1. The second kappa shape index (κ2) is 9.18. The number of hydrogen-bond acceptors (Lipinski definition) is 3. The summed E-state index contributed by atoms with van der Waals surface area (Å²) in [6.07, 6.45) is -1.05. The van der Waals surface area contributed by atoms with Crippen molar-refractivity contribution >= 4 is 17.7 Å². The van der Waals surface area contributed by atoms with E-state index >= 15 is 0 Å². The van der Waals surface area contributed by atoms with Crippen molar-refractivity contribution in [3.63, 3.8) is 0 Å². The van der Waals surface area contributed by atoms with E-state index in [4.69, 9.17) is 0 Å². The number of carbonyl (C=O) groups is 3. The van der Waals surface area contributed by atoms with Crippen molar-refractivity contribution in [1.29, 1.82) is 0 Å². The molecule has 1 aromatic carbocycles. The van der Waals surface area contributed by atoms with Crippen LogP contribution in [0.2, 0.25) is 0 Å². The van der Waals surface area contributed by atoms with Gasteiger partial charge in [0.1, 0.15) is 17.7 Å². The minimum Gasteiger partial charge on any atom is -0.481 e. The van der Waals surface area contributed by atoms with E-state index < -0.39 is 53.5 Å². The van der Waals surface area contributed by atoms with Crippen molar-refractivity contribution < 1.29 is 32.7 Å². The lowest BCUT2D eigenvalue weighted by Gasteiger charge is -2.41. The number of carbonyl (C=O) groups excluding carboxylic acids is 2. The lowest BCUT2D eigenvalue weighted by molar-refractivity contribution is -0.180. The molecule has 2 saturated carbocycles. The number of aryl methyl sites for hydroxylation is 1. The van der Waals surface area contributed by atoms with Gasteiger partial charge in [0.2, 0.25) is 5.91 Å². The fourth-order valence-electron chi connectivity index (χ4n) is 4.77. The molecule has 0 bridgehead atoms. The minimum absolute atomic E-state index is 0.245. The van der Waals surface area contributed by atoms with Crippen molar-refractivity contribution in [3.8, 4) is 0 Å². The van der Waals surface area contributed by atoms with Crippen LogP contribution in [0.3, 0.4) is 0 Å². The van der Waals surface area contributed by atoms with Gasteiger partial charge in [-0.2, -0.15) is 13.2 Å². The molecule has 1 amide bonds. The summed E-state index contributed by atoms with van der Waals surface area (Å²) in [6.45, 7) is 0. The molecule has 30 heavy (non-hydrogen) atoms. The van der Waals surface area contributed by atoms with Gasteiger partial charge in [0.05, 0.1) is 5.92 Å². The molecular weight excluding hydrogens is 399 g/mol. The molecular formula is C22H26F3NO4. The number of rotatable bonds is 7. The number of alkyl halides is 3. The average Bonchev–Trinajstić information content (AvgIpc) is 2.70. The van der Waals surface area contributed by atoms with Crippen LogP contribution in [0, 0.1) is 23.7 Å². The van der Waals surface area contributed by atoms with Crippen molar-refractivity contribution in [2.24, 2.45) is 23.7 Å². The van der Waals surface area contributed by atoms with Crippen molar-refractivity contribution in [2.45, 2.75) is 57.2 Å². The molecule has 4 atom stereocenters. The zero-order valence-electron chi connectivity index (χ0n) is 16.5. The van der Waals surface area contributed by atoms with Gasteiger partial charge in [-0.3, -0.25) is 14.4 Å². The topological polar surface area (TPSA) is 83.5 Å². The highest BCUT2D eigenvalue weighted by Gasteiger charge is 2.58. The van der Waals surface area contributed by atoms with Gasteiger partial charge in [-0.05, 0) is 37.2 Å². The maximum Gasteiger partial charge on any atom is 0.408 e. The van der Waals surface area contributed by atoms with E-state index in [-0.39, 0.29) is 6.42 Å². The van der Waals surface area contributed by atoms with E-state index in [2.05, 4.69) is 0 Å². The van der Waals surface area contributed by atoms with Gasteiger partial charge in [-0.1, -0.05) is 49.6 Å². The van der Waals surface area contributed by atoms with Crippen LogP contribution in [0.25, 0.3) is 0 Å². The second-order valence-electron chi connectivity index (χ2n) is 8.30. The van der Waals surface area contributed by atoms with Crippen LogP contribution >= 0.6 is 0 Å². The Morgan fingerprint density at radius 2 is 1.73 bits per heavy atom. The number of benzene rings is 1.